The fourth-order valence-corrected chi connectivity index (χ4v) is 3.72. The quantitative estimate of drug-likeness (QED) is 0.749. The topological polar surface area (TPSA) is 75.7 Å². The van der Waals surface area contributed by atoms with Crippen LogP contribution < -0.4 is 9.46 Å². The number of ether oxygens (including phenoxy) is 1. The van der Waals surface area contributed by atoms with Crippen LogP contribution in [0.15, 0.2) is 53.4 Å². The number of carbonyl (C=O) groups is 1. The minimum atomic E-state index is -3.53. The number of nitrogens with zero attached hydrogens (tertiary/aromatic N) is 1. The smallest absolute Gasteiger partial charge is 0.253 e. The lowest BCUT2D eigenvalue weighted by Crippen LogP contribution is -2.31. The Morgan fingerprint density at radius 3 is 2.37 bits per heavy atom. The molecule has 0 heterocycles. The lowest BCUT2D eigenvalue weighted by atomic mass is 10.2. The van der Waals surface area contributed by atoms with Gasteiger partial charge in [-0.25, -0.2) is 17.5 Å². The highest BCUT2D eigenvalue weighted by atomic mass is 32.2. The molecule has 2 aromatic carbocycles. The monoisotopic (exact) mass is 392 g/mol. The molecule has 0 spiro atoms. The summed E-state index contributed by atoms with van der Waals surface area (Å²) in [4.78, 5) is 14.1. The zero-order valence-corrected chi connectivity index (χ0v) is 15.7. The van der Waals surface area contributed by atoms with Gasteiger partial charge in [0.25, 0.3) is 5.91 Å². The molecule has 0 atom stereocenters. The standard InChI is InChI=1S/C19H21FN2O4S/c1-22(12-13-26-17-8-4-15(20)5-9-17)19(23)14-2-10-18(11-3-14)27(24,25)21-16-6-7-16/h2-5,8-11,16,21H,6-7,12-13H2,1H3. The van der Waals surface area contributed by atoms with Gasteiger partial charge in [-0.3, -0.25) is 4.79 Å². The van der Waals surface area contributed by atoms with Crippen LogP contribution in [-0.4, -0.2) is 45.5 Å². The summed E-state index contributed by atoms with van der Waals surface area (Å²) in [7, 11) is -1.89. The number of sulfonamides is 1. The molecule has 0 aromatic heterocycles. The largest absolute Gasteiger partial charge is 0.492 e. The van der Waals surface area contributed by atoms with Crippen molar-refractivity contribution >= 4 is 15.9 Å². The van der Waals surface area contributed by atoms with Crippen molar-refractivity contribution in [3.05, 3.63) is 59.9 Å². The maximum absolute atomic E-state index is 12.8. The van der Waals surface area contributed by atoms with Crippen molar-refractivity contribution in [1.29, 1.82) is 0 Å². The van der Waals surface area contributed by atoms with E-state index in [-0.39, 0.29) is 29.3 Å². The first-order valence-electron chi connectivity index (χ1n) is 8.61. The van der Waals surface area contributed by atoms with Crippen molar-refractivity contribution in [2.24, 2.45) is 0 Å². The minimum Gasteiger partial charge on any atom is -0.492 e. The van der Waals surface area contributed by atoms with Gasteiger partial charge in [-0.1, -0.05) is 0 Å². The maximum Gasteiger partial charge on any atom is 0.253 e. The second-order valence-corrected chi connectivity index (χ2v) is 8.16. The van der Waals surface area contributed by atoms with Gasteiger partial charge >= 0.3 is 0 Å². The van der Waals surface area contributed by atoms with Gasteiger partial charge in [-0.15, -0.1) is 0 Å². The van der Waals surface area contributed by atoms with Gasteiger partial charge in [0, 0.05) is 18.7 Å². The molecule has 0 bridgehead atoms. The molecule has 0 saturated heterocycles. The maximum atomic E-state index is 12.8. The highest BCUT2D eigenvalue weighted by Crippen LogP contribution is 2.22. The highest BCUT2D eigenvalue weighted by molar-refractivity contribution is 7.89. The second kappa shape index (κ2) is 8.06. The third-order valence-corrected chi connectivity index (χ3v) is 5.70. The third kappa shape index (κ3) is 5.27. The summed E-state index contributed by atoms with van der Waals surface area (Å²) in [5, 5.41) is 0. The second-order valence-electron chi connectivity index (χ2n) is 6.45. The Morgan fingerprint density at radius 2 is 1.78 bits per heavy atom. The normalized spacial score (nSPS) is 14.0. The molecule has 1 N–H and O–H groups in total. The molecule has 1 saturated carbocycles. The summed E-state index contributed by atoms with van der Waals surface area (Å²) in [5.74, 6) is -0.0563. The van der Waals surface area contributed by atoms with Gasteiger partial charge in [0.1, 0.15) is 18.2 Å². The van der Waals surface area contributed by atoms with Gasteiger partial charge in [-0.05, 0) is 61.4 Å². The summed E-state index contributed by atoms with van der Waals surface area (Å²) >= 11 is 0. The molecule has 1 amide bonds. The van der Waals surface area contributed by atoms with E-state index in [1.54, 1.807) is 7.05 Å². The van der Waals surface area contributed by atoms with Crippen LogP contribution in [0.1, 0.15) is 23.2 Å². The van der Waals surface area contributed by atoms with Crippen LogP contribution in [0.3, 0.4) is 0 Å². The molecule has 1 fully saturated rings. The molecular formula is C19H21FN2O4S. The average Bonchev–Trinajstić information content (AvgIpc) is 3.46. The van der Waals surface area contributed by atoms with Crippen molar-refractivity contribution in [2.45, 2.75) is 23.8 Å². The molecule has 0 radical (unpaired) electrons. The molecule has 0 aliphatic heterocycles. The Balaban J connectivity index is 1.53. The number of benzene rings is 2. The van der Waals surface area contributed by atoms with Gasteiger partial charge in [0.15, 0.2) is 0 Å². The molecule has 3 rings (SSSR count). The number of halogens is 1. The molecule has 1 aliphatic carbocycles. The van der Waals surface area contributed by atoms with E-state index in [0.717, 1.165) is 12.8 Å². The first-order chi connectivity index (χ1) is 12.8. The van der Waals surface area contributed by atoms with E-state index in [0.29, 0.717) is 17.9 Å². The zero-order chi connectivity index (χ0) is 19.4. The van der Waals surface area contributed by atoms with Crippen LogP contribution in [0, 0.1) is 5.82 Å². The van der Waals surface area contributed by atoms with Crippen molar-refractivity contribution in [3.8, 4) is 5.75 Å². The Kier molecular flexibility index (Phi) is 5.76. The minimum absolute atomic E-state index is 0.0311. The van der Waals surface area contributed by atoms with E-state index in [1.165, 1.54) is 53.4 Å². The predicted molar refractivity (Wildman–Crippen MR) is 98.6 cm³/mol. The SMILES string of the molecule is CN(CCOc1ccc(F)cc1)C(=O)c1ccc(S(=O)(=O)NC2CC2)cc1. The van der Waals surface area contributed by atoms with Gasteiger partial charge in [-0.2, -0.15) is 0 Å². The fourth-order valence-electron chi connectivity index (χ4n) is 2.42. The van der Waals surface area contributed by atoms with Crippen LogP contribution in [-0.2, 0) is 10.0 Å². The first-order valence-corrected chi connectivity index (χ1v) is 10.1. The number of nitrogens with one attached hydrogen (secondary N) is 1. The van der Waals surface area contributed by atoms with Crippen molar-refractivity contribution in [1.82, 2.24) is 9.62 Å². The number of rotatable bonds is 8. The number of likely N-dealkylation sites (N-methyl/N-ethyl adjacent to an activating group) is 1. The summed E-state index contributed by atoms with van der Waals surface area (Å²) in [5.41, 5.74) is 0.393. The van der Waals surface area contributed by atoms with E-state index >= 15 is 0 Å². The van der Waals surface area contributed by atoms with E-state index in [4.69, 9.17) is 4.74 Å². The molecule has 6 nitrogen and oxygen atoms in total. The highest BCUT2D eigenvalue weighted by Gasteiger charge is 2.28. The molecule has 1 aliphatic rings. The Labute approximate surface area is 158 Å². The van der Waals surface area contributed by atoms with Crippen molar-refractivity contribution in [2.75, 3.05) is 20.2 Å². The Morgan fingerprint density at radius 1 is 1.15 bits per heavy atom. The number of hydrogen-bond donors (Lipinski definition) is 1. The number of carbonyl (C=O) groups excluding carboxylic acids is 1. The molecule has 8 heteroatoms. The predicted octanol–water partition coefficient (Wildman–Crippen LogP) is 2.42. The zero-order valence-electron chi connectivity index (χ0n) is 14.9. The number of hydrogen-bond acceptors (Lipinski definition) is 4. The van der Waals surface area contributed by atoms with E-state index in [9.17, 15) is 17.6 Å². The Bertz CT molecular complexity index is 894. The molecule has 144 valence electrons. The Hall–Kier alpha value is -2.45. The van der Waals surface area contributed by atoms with Crippen LogP contribution in [0.25, 0.3) is 0 Å². The van der Waals surface area contributed by atoms with Crippen LogP contribution in [0.4, 0.5) is 4.39 Å². The summed E-state index contributed by atoms with van der Waals surface area (Å²) in [6, 6.07) is 11.5. The molecule has 27 heavy (non-hydrogen) atoms. The van der Waals surface area contributed by atoms with Gasteiger partial charge in [0.2, 0.25) is 10.0 Å². The summed E-state index contributed by atoms with van der Waals surface area (Å²) in [6.07, 6.45) is 1.72. The lowest BCUT2D eigenvalue weighted by Gasteiger charge is -2.18. The summed E-state index contributed by atoms with van der Waals surface area (Å²) in [6.45, 7) is 0.588. The third-order valence-electron chi connectivity index (χ3n) is 4.17. The van der Waals surface area contributed by atoms with Gasteiger partial charge in [0.05, 0.1) is 11.4 Å². The number of amides is 1. The van der Waals surface area contributed by atoms with Crippen LogP contribution in [0.5, 0.6) is 5.75 Å². The summed E-state index contributed by atoms with van der Waals surface area (Å²) < 4.78 is 45.2. The van der Waals surface area contributed by atoms with Crippen LogP contribution >= 0.6 is 0 Å². The van der Waals surface area contributed by atoms with Crippen molar-refractivity contribution in [3.63, 3.8) is 0 Å². The molecular weight excluding hydrogens is 371 g/mol. The van der Waals surface area contributed by atoms with E-state index < -0.39 is 10.0 Å². The van der Waals surface area contributed by atoms with Crippen molar-refractivity contribution < 1.29 is 22.3 Å². The van der Waals surface area contributed by atoms with Crippen LogP contribution in [0.2, 0.25) is 0 Å². The van der Waals surface area contributed by atoms with E-state index in [2.05, 4.69) is 4.72 Å². The lowest BCUT2D eigenvalue weighted by molar-refractivity contribution is 0.0773. The van der Waals surface area contributed by atoms with Gasteiger partial charge < -0.3 is 9.64 Å². The molecule has 0 unspecified atom stereocenters. The average molecular weight is 392 g/mol. The molecule has 2 aromatic rings. The first kappa shape index (κ1) is 19.3. The fraction of sp³-hybridized carbons (Fsp3) is 0.316. The van der Waals surface area contributed by atoms with E-state index in [1.807, 2.05) is 0 Å².